The van der Waals surface area contributed by atoms with Gasteiger partial charge in [-0.1, -0.05) is 58.0 Å². The molecule has 2 N–H and O–H groups in total. The van der Waals surface area contributed by atoms with E-state index in [2.05, 4.69) is 10.2 Å². The van der Waals surface area contributed by atoms with Crippen molar-refractivity contribution in [3.8, 4) is 5.75 Å². The van der Waals surface area contributed by atoms with E-state index in [0.717, 1.165) is 0 Å². The molecule has 10 heteroatoms. The molecule has 0 aromatic heterocycles. The Labute approximate surface area is 187 Å². The Bertz CT molecular complexity index is 989. The Kier molecular flexibility index (Phi) is 6.93. The van der Waals surface area contributed by atoms with Crippen LogP contribution in [0.2, 0.25) is 25.1 Å². The quantitative estimate of drug-likeness (QED) is 0.335. The highest BCUT2D eigenvalue weighted by Crippen LogP contribution is 2.48. The van der Waals surface area contributed by atoms with Gasteiger partial charge in [0.1, 0.15) is 5.75 Å². The average molecular weight is 497 g/mol. The van der Waals surface area contributed by atoms with Crippen molar-refractivity contribution in [3.05, 3.63) is 85.8 Å². The fourth-order valence-corrected chi connectivity index (χ4v) is 4.43. The topological polar surface area (TPSA) is 50.4 Å². The van der Waals surface area contributed by atoms with Gasteiger partial charge in [0.05, 0.1) is 20.1 Å². The van der Waals surface area contributed by atoms with Gasteiger partial charge in [0, 0.05) is 16.4 Å². The molecule has 0 bridgehead atoms. The molecule has 0 amide bonds. The maximum Gasteiger partial charge on any atom is 0.444 e. The van der Waals surface area contributed by atoms with Gasteiger partial charge >= 0.3 is 7.67 Å². The van der Waals surface area contributed by atoms with Crippen molar-refractivity contribution in [2.24, 2.45) is 0 Å². The molecule has 0 saturated heterocycles. The minimum atomic E-state index is -3.72. The third-order valence-electron chi connectivity index (χ3n) is 3.44. The summed E-state index contributed by atoms with van der Waals surface area (Å²) < 4.78 is 19.3. The Hall–Kier alpha value is -1.26. The van der Waals surface area contributed by atoms with Crippen LogP contribution in [0.1, 0.15) is 0 Å². The van der Waals surface area contributed by atoms with Gasteiger partial charge in [-0.05, 0) is 60.7 Å². The normalized spacial score (nSPS) is 11.2. The van der Waals surface area contributed by atoms with Crippen molar-refractivity contribution in [2.75, 3.05) is 10.2 Å². The van der Waals surface area contributed by atoms with Gasteiger partial charge in [0.2, 0.25) is 0 Å². The van der Waals surface area contributed by atoms with Crippen LogP contribution in [0.25, 0.3) is 0 Å². The lowest BCUT2D eigenvalue weighted by Gasteiger charge is -2.23. The van der Waals surface area contributed by atoms with E-state index < -0.39 is 7.67 Å². The van der Waals surface area contributed by atoms with Crippen molar-refractivity contribution in [3.63, 3.8) is 0 Å². The Morgan fingerprint density at radius 1 is 0.643 bits per heavy atom. The number of anilines is 2. The second kappa shape index (κ2) is 9.04. The third kappa shape index (κ3) is 5.64. The van der Waals surface area contributed by atoms with E-state index in [1.807, 2.05) is 0 Å². The number of nitrogens with one attached hydrogen (secondary N) is 2. The molecule has 3 rings (SSSR count). The molecule has 3 aromatic rings. The van der Waals surface area contributed by atoms with Crippen LogP contribution in [0.5, 0.6) is 5.75 Å². The van der Waals surface area contributed by atoms with E-state index in [4.69, 9.17) is 62.5 Å². The first-order chi connectivity index (χ1) is 13.2. The van der Waals surface area contributed by atoms with Gasteiger partial charge in [-0.15, -0.1) is 0 Å². The molecule has 146 valence electrons. The average Bonchev–Trinajstić information content (AvgIpc) is 2.63. The summed E-state index contributed by atoms with van der Waals surface area (Å²) in [7, 11) is -3.72. The molecular formula is C18H12Cl5N2O2P. The van der Waals surface area contributed by atoms with Gasteiger partial charge in [0.15, 0.2) is 0 Å². The number of halogens is 5. The van der Waals surface area contributed by atoms with Crippen LogP contribution in [-0.4, -0.2) is 0 Å². The standard InChI is InChI=1S/C18H12Cl5N2O2P/c19-11-1-5-14(6-2-11)27-28(26,24-12-3-7-15(20)17(22)9-12)25-13-4-8-16(21)18(23)10-13/h1-10H,(H2,24,25,26). The zero-order valence-corrected chi connectivity index (χ0v) is 18.6. The van der Waals surface area contributed by atoms with Crippen LogP contribution in [-0.2, 0) is 4.57 Å². The molecule has 0 unspecified atom stereocenters. The molecule has 0 aliphatic carbocycles. The smallest absolute Gasteiger partial charge is 0.414 e. The predicted octanol–water partition coefficient (Wildman–Crippen LogP) is 8.66. The van der Waals surface area contributed by atoms with E-state index >= 15 is 0 Å². The summed E-state index contributed by atoms with van der Waals surface area (Å²) >= 11 is 29.9. The van der Waals surface area contributed by atoms with Gasteiger partial charge in [-0.2, -0.15) is 0 Å². The van der Waals surface area contributed by atoms with Crippen molar-refractivity contribution < 1.29 is 9.09 Å². The second-order valence-corrected chi connectivity index (χ2v) is 9.38. The molecular weight excluding hydrogens is 484 g/mol. The SMILES string of the molecule is O=P(Nc1ccc(Cl)c(Cl)c1)(Nc1ccc(Cl)c(Cl)c1)Oc1ccc(Cl)cc1. The van der Waals surface area contributed by atoms with E-state index in [-0.39, 0.29) is 0 Å². The fraction of sp³-hybridized carbons (Fsp3) is 0. The first kappa shape index (κ1) is 21.4. The van der Waals surface area contributed by atoms with Crippen LogP contribution in [0.15, 0.2) is 60.7 Å². The summed E-state index contributed by atoms with van der Waals surface area (Å²) in [6.07, 6.45) is 0. The van der Waals surface area contributed by atoms with E-state index in [1.165, 1.54) is 12.1 Å². The van der Waals surface area contributed by atoms with Crippen LogP contribution in [0.4, 0.5) is 11.4 Å². The molecule has 0 spiro atoms. The monoisotopic (exact) mass is 494 g/mol. The lowest BCUT2D eigenvalue weighted by Crippen LogP contribution is -2.12. The van der Waals surface area contributed by atoms with E-state index in [1.54, 1.807) is 48.5 Å². The minimum Gasteiger partial charge on any atom is -0.414 e. The summed E-state index contributed by atoms with van der Waals surface area (Å²) in [5.41, 5.74) is 0.888. The molecule has 0 saturated carbocycles. The van der Waals surface area contributed by atoms with Gasteiger partial charge < -0.3 is 4.52 Å². The molecule has 0 heterocycles. The van der Waals surface area contributed by atoms with Crippen LogP contribution in [0, 0.1) is 0 Å². The molecule has 0 aliphatic heterocycles. The molecule has 4 nitrogen and oxygen atoms in total. The first-order valence-electron chi connectivity index (χ1n) is 7.76. The van der Waals surface area contributed by atoms with E-state index in [9.17, 15) is 4.57 Å². The molecule has 3 aromatic carbocycles. The highest BCUT2D eigenvalue weighted by molar-refractivity contribution is 7.62. The van der Waals surface area contributed by atoms with E-state index in [0.29, 0.717) is 42.2 Å². The number of benzene rings is 3. The highest BCUT2D eigenvalue weighted by Gasteiger charge is 2.26. The van der Waals surface area contributed by atoms with Gasteiger partial charge in [-0.25, -0.2) is 4.57 Å². The summed E-state index contributed by atoms with van der Waals surface area (Å²) in [6, 6.07) is 15.9. The maximum atomic E-state index is 13.6. The van der Waals surface area contributed by atoms with Crippen LogP contribution in [0.3, 0.4) is 0 Å². The van der Waals surface area contributed by atoms with Gasteiger partial charge in [0.25, 0.3) is 0 Å². The zero-order valence-electron chi connectivity index (χ0n) is 13.9. The van der Waals surface area contributed by atoms with Crippen molar-refractivity contribution >= 4 is 77.0 Å². The predicted molar refractivity (Wildman–Crippen MR) is 120 cm³/mol. The van der Waals surface area contributed by atoms with Crippen molar-refractivity contribution in [1.82, 2.24) is 0 Å². The molecule has 0 aliphatic rings. The molecule has 0 radical (unpaired) electrons. The number of hydrogen-bond donors (Lipinski definition) is 2. The Balaban J connectivity index is 1.93. The molecule has 0 atom stereocenters. The summed E-state index contributed by atoms with van der Waals surface area (Å²) in [5, 5.41) is 7.56. The van der Waals surface area contributed by atoms with Crippen molar-refractivity contribution in [1.29, 1.82) is 0 Å². The zero-order chi connectivity index (χ0) is 20.3. The second-order valence-electron chi connectivity index (χ2n) is 5.58. The van der Waals surface area contributed by atoms with Crippen LogP contribution >= 0.6 is 65.7 Å². The molecule has 28 heavy (non-hydrogen) atoms. The summed E-state index contributed by atoms with van der Waals surface area (Å²) in [4.78, 5) is 0. The van der Waals surface area contributed by atoms with Gasteiger partial charge in [-0.3, -0.25) is 10.2 Å². The largest absolute Gasteiger partial charge is 0.444 e. The lowest BCUT2D eigenvalue weighted by atomic mass is 10.3. The highest BCUT2D eigenvalue weighted by atomic mass is 35.5. The first-order valence-corrected chi connectivity index (χ1v) is 11.3. The summed E-state index contributed by atoms with van der Waals surface area (Å²) in [5.74, 6) is 0.341. The Morgan fingerprint density at radius 3 is 1.54 bits per heavy atom. The lowest BCUT2D eigenvalue weighted by molar-refractivity contribution is 0.493. The molecule has 0 fully saturated rings. The summed E-state index contributed by atoms with van der Waals surface area (Å²) in [6.45, 7) is 0. The number of rotatable bonds is 6. The third-order valence-corrected chi connectivity index (χ3v) is 6.74. The fourth-order valence-electron chi connectivity index (χ4n) is 2.19. The Morgan fingerprint density at radius 2 is 1.11 bits per heavy atom. The number of hydrogen-bond acceptors (Lipinski definition) is 2. The minimum absolute atomic E-state index is 0.305. The van der Waals surface area contributed by atoms with Crippen LogP contribution < -0.4 is 14.7 Å². The van der Waals surface area contributed by atoms with Crippen molar-refractivity contribution in [2.45, 2.75) is 0 Å². The maximum absolute atomic E-state index is 13.6.